The maximum absolute atomic E-state index is 13.6. The van der Waals surface area contributed by atoms with Crippen LogP contribution in [0, 0.1) is 5.82 Å². The van der Waals surface area contributed by atoms with E-state index in [0.717, 1.165) is 49.8 Å². The van der Waals surface area contributed by atoms with Crippen molar-refractivity contribution in [3.63, 3.8) is 0 Å². The minimum absolute atomic E-state index is 0.0113. The van der Waals surface area contributed by atoms with Gasteiger partial charge in [0.05, 0.1) is 0 Å². The quantitative estimate of drug-likeness (QED) is 0.738. The molecule has 82 valence electrons. The van der Waals surface area contributed by atoms with Crippen molar-refractivity contribution in [2.75, 3.05) is 6.54 Å². The van der Waals surface area contributed by atoms with Crippen LogP contribution in [0.2, 0.25) is 0 Å². The van der Waals surface area contributed by atoms with E-state index >= 15 is 0 Å². The molecule has 1 nitrogen and oxygen atoms in total. The molecule has 0 radical (unpaired) electrons. The van der Waals surface area contributed by atoms with Crippen LogP contribution in [0.3, 0.4) is 0 Å². The third kappa shape index (κ3) is 2.78. The van der Waals surface area contributed by atoms with Gasteiger partial charge in [-0.15, -0.1) is 0 Å². The van der Waals surface area contributed by atoms with Gasteiger partial charge in [0.2, 0.25) is 0 Å². The average molecular weight is 207 g/mol. The number of unbranched alkanes of at least 4 members (excludes halogenated alkanes) is 1. The van der Waals surface area contributed by atoms with E-state index in [0.29, 0.717) is 5.92 Å². The van der Waals surface area contributed by atoms with Gasteiger partial charge >= 0.3 is 0 Å². The fourth-order valence-electron chi connectivity index (χ4n) is 1.93. The lowest BCUT2D eigenvalue weighted by Gasteiger charge is -2.04. The second-order valence-electron chi connectivity index (χ2n) is 4.38. The number of rotatable bonds is 5. The molecule has 0 heterocycles. The SMILES string of the molecule is NCCCCc1ccc(C2CC2)c(F)c1. The predicted molar refractivity (Wildman–Crippen MR) is 60.4 cm³/mol. The van der Waals surface area contributed by atoms with Crippen LogP contribution in [0.1, 0.15) is 42.7 Å². The van der Waals surface area contributed by atoms with Crippen molar-refractivity contribution in [2.45, 2.75) is 38.0 Å². The molecule has 1 fully saturated rings. The lowest BCUT2D eigenvalue weighted by Crippen LogP contribution is -1.99. The number of hydrogen-bond acceptors (Lipinski definition) is 1. The van der Waals surface area contributed by atoms with Gasteiger partial charge in [-0.05, 0) is 61.8 Å². The van der Waals surface area contributed by atoms with Crippen molar-refractivity contribution < 1.29 is 4.39 Å². The summed E-state index contributed by atoms with van der Waals surface area (Å²) in [5.74, 6) is 0.492. The fourth-order valence-corrected chi connectivity index (χ4v) is 1.93. The normalized spacial score (nSPS) is 15.6. The fraction of sp³-hybridized carbons (Fsp3) is 0.538. The number of aryl methyl sites for hydroxylation is 1. The first-order valence-corrected chi connectivity index (χ1v) is 5.79. The molecule has 0 unspecified atom stereocenters. The molecule has 2 N–H and O–H groups in total. The van der Waals surface area contributed by atoms with Crippen LogP contribution in [0.4, 0.5) is 4.39 Å². The molecule has 0 aliphatic heterocycles. The highest BCUT2D eigenvalue weighted by atomic mass is 19.1. The predicted octanol–water partition coefficient (Wildman–Crippen LogP) is 2.98. The summed E-state index contributed by atoms with van der Waals surface area (Å²) in [6.45, 7) is 0.725. The Kier molecular flexibility index (Phi) is 3.37. The Bertz CT molecular complexity index is 331. The smallest absolute Gasteiger partial charge is 0.126 e. The van der Waals surface area contributed by atoms with Crippen LogP contribution in [-0.2, 0) is 6.42 Å². The van der Waals surface area contributed by atoms with E-state index in [4.69, 9.17) is 5.73 Å². The van der Waals surface area contributed by atoms with Gasteiger partial charge in [-0.3, -0.25) is 0 Å². The molecule has 0 atom stereocenters. The van der Waals surface area contributed by atoms with Crippen LogP contribution >= 0.6 is 0 Å². The lowest BCUT2D eigenvalue weighted by atomic mass is 10.0. The third-order valence-corrected chi connectivity index (χ3v) is 3.00. The molecule has 1 aromatic carbocycles. The van der Waals surface area contributed by atoms with Gasteiger partial charge in [-0.25, -0.2) is 4.39 Å². The zero-order valence-electron chi connectivity index (χ0n) is 9.01. The molecule has 1 aromatic rings. The summed E-state index contributed by atoms with van der Waals surface area (Å²) in [7, 11) is 0. The van der Waals surface area contributed by atoms with Crippen LogP contribution in [0.15, 0.2) is 18.2 Å². The lowest BCUT2D eigenvalue weighted by molar-refractivity contribution is 0.607. The van der Waals surface area contributed by atoms with Gasteiger partial charge < -0.3 is 5.73 Å². The van der Waals surface area contributed by atoms with Gasteiger partial charge in [0.15, 0.2) is 0 Å². The number of benzene rings is 1. The van der Waals surface area contributed by atoms with Crippen LogP contribution in [0.25, 0.3) is 0 Å². The van der Waals surface area contributed by atoms with E-state index in [2.05, 4.69) is 6.07 Å². The van der Waals surface area contributed by atoms with E-state index in [9.17, 15) is 4.39 Å². The first kappa shape index (κ1) is 10.6. The summed E-state index contributed by atoms with van der Waals surface area (Å²) >= 11 is 0. The maximum Gasteiger partial charge on any atom is 0.126 e. The number of nitrogens with two attached hydrogens (primary N) is 1. The van der Waals surface area contributed by atoms with E-state index in [1.54, 1.807) is 6.07 Å². The largest absolute Gasteiger partial charge is 0.330 e. The highest BCUT2D eigenvalue weighted by Gasteiger charge is 2.26. The molecule has 1 saturated carbocycles. The molecular weight excluding hydrogens is 189 g/mol. The van der Waals surface area contributed by atoms with E-state index in [1.165, 1.54) is 0 Å². The average Bonchev–Trinajstić information content (AvgIpc) is 3.02. The Morgan fingerprint density at radius 1 is 1.27 bits per heavy atom. The summed E-state index contributed by atoms with van der Waals surface area (Å²) in [5, 5.41) is 0. The summed E-state index contributed by atoms with van der Waals surface area (Å²) < 4.78 is 13.6. The van der Waals surface area contributed by atoms with Crippen LogP contribution in [0.5, 0.6) is 0 Å². The second kappa shape index (κ2) is 4.75. The van der Waals surface area contributed by atoms with Crippen molar-refractivity contribution >= 4 is 0 Å². The maximum atomic E-state index is 13.6. The molecular formula is C13H18FN. The van der Waals surface area contributed by atoms with Crippen molar-refractivity contribution in [2.24, 2.45) is 5.73 Å². The first-order chi connectivity index (χ1) is 7.31. The van der Waals surface area contributed by atoms with E-state index in [-0.39, 0.29) is 5.82 Å². The van der Waals surface area contributed by atoms with Gasteiger partial charge in [-0.2, -0.15) is 0 Å². The van der Waals surface area contributed by atoms with Gasteiger partial charge in [0.1, 0.15) is 5.82 Å². The topological polar surface area (TPSA) is 26.0 Å². The van der Waals surface area contributed by atoms with Crippen molar-refractivity contribution in [3.8, 4) is 0 Å². The molecule has 2 heteroatoms. The molecule has 15 heavy (non-hydrogen) atoms. The highest BCUT2D eigenvalue weighted by molar-refractivity contribution is 5.29. The Morgan fingerprint density at radius 2 is 2.07 bits per heavy atom. The van der Waals surface area contributed by atoms with E-state index in [1.807, 2.05) is 6.07 Å². The molecule has 0 saturated heterocycles. The minimum atomic E-state index is -0.0113. The Hall–Kier alpha value is -0.890. The molecule has 1 aliphatic rings. The van der Waals surface area contributed by atoms with Crippen LogP contribution in [-0.4, -0.2) is 6.54 Å². The summed E-state index contributed by atoms with van der Waals surface area (Å²) in [6.07, 6.45) is 5.33. The van der Waals surface area contributed by atoms with Crippen molar-refractivity contribution in [1.82, 2.24) is 0 Å². The Balaban J connectivity index is 1.98. The molecule has 1 aliphatic carbocycles. The van der Waals surface area contributed by atoms with Gasteiger partial charge in [-0.1, -0.05) is 12.1 Å². The summed E-state index contributed by atoms with van der Waals surface area (Å²) in [4.78, 5) is 0. The van der Waals surface area contributed by atoms with Crippen LogP contribution < -0.4 is 5.73 Å². The number of hydrogen-bond donors (Lipinski definition) is 1. The van der Waals surface area contributed by atoms with Gasteiger partial charge in [0.25, 0.3) is 0 Å². The Morgan fingerprint density at radius 3 is 2.67 bits per heavy atom. The second-order valence-corrected chi connectivity index (χ2v) is 4.38. The monoisotopic (exact) mass is 207 g/mol. The first-order valence-electron chi connectivity index (χ1n) is 5.79. The van der Waals surface area contributed by atoms with Crippen molar-refractivity contribution in [3.05, 3.63) is 35.1 Å². The third-order valence-electron chi connectivity index (χ3n) is 3.00. The molecule has 0 bridgehead atoms. The Labute approximate surface area is 90.5 Å². The molecule has 2 rings (SSSR count). The highest BCUT2D eigenvalue weighted by Crippen LogP contribution is 2.41. The standard InChI is InChI=1S/C13H18FN/c14-13-9-10(3-1-2-8-15)4-7-12(13)11-5-6-11/h4,7,9,11H,1-3,5-6,8,15H2. The number of halogens is 1. The molecule has 0 aromatic heterocycles. The molecule has 0 amide bonds. The summed E-state index contributed by atoms with van der Waals surface area (Å²) in [6, 6.07) is 5.72. The molecule has 0 spiro atoms. The van der Waals surface area contributed by atoms with Gasteiger partial charge in [0, 0.05) is 0 Å². The van der Waals surface area contributed by atoms with Crippen molar-refractivity contribution in [1.29, 1.82) is 0 Å². The van der Waals surface area contributed by atoms with E-state index < -0.39 is 0 Å². The minimum Gasteiger partial charge on any atom is -0.330 e. The zero-order chi connectivity index (χ0) is 10.7. The zero-order valence-corrected chi connectivity index (χ0v) is 9.01. The summed E-state index contributed by atoms with van der Waals surface area (Å²) in [5.41, 5.74) is 7.44.